The zero-order chi connectivity index (χ0) is 20.0. The van der Waals surface area contributed by atoms with Crippen LogP contribution in [0.2, 0.25) is 0 Å². The molecule has 0 atom stereocenters. The first kappa shape index (κ1) is 20.2. The van der Waals surface area contributed by atoms with Crippen molar-refractivity contribution >= 4 is 17.8 Å². The molecule has 0 saturated carbocycles. The molecule has 27 heavy (non-hydrogen) atoms. The summed E-state index contributed by atoms with van der Waals surface area (Å²) in [6, 6.07) is 9.48. The Bertz CT molecular complexity index is 827. The monoisotopic (exact) mass is 371 g/mol. The van der Waals surface area contributed by atoms with Crippen LogP contribution in [0.1, 0.15) is 51.0 Å². The normalized spacial score (nSPS) is 10.5. The highest BCUT2D eigenvalue weighted by Crippen LogP contribution is 2.22. The summed E-state index contributed by atoms with van der Waals surface area (Å²) in [5.41, 5.74) is 8.10. The largest absolute Gasteiger partial charge is 0.465 e. The number of esters is 1. The second-order valence-electron chi connectivity index (χ2n) is 6.25. The lowest BCUT2D eigenvalue weighted by Gasteiger charge is -2.22. The molecule has 2 rings (SSSR count). The Labute approximate surface area is 158 Å². The Balaban J connectivity index is 2.37. The lowest BCUT2D eigenvalue weighted by atomic mass is 10.1. The van der Waals surface area contributed by atoms with Crippen molar-refractivity contribution in [1.29, 1.82) is 0 Å². The first-order valence-electron chi connectivity index (χ1n) is 8.80. The van der Waals surface area contributed by atoms with Crippen LogP contribution in [0.4, 0.5) is 0 Å². The van der Waals surface area contributed by atoms with Gasteiger partial charge in [0.15, 0.2) is 0 Å². The van der Waals surface area contributed by atoms with Gasteiger partial charge in [-0.15, -0.1) is 0 Å². The lowest BCUT2D eigenvalue weighted by Crippen LogP contribution is -2.34. The van der Waals surface area contributed by atoms with E-state index in [4.69, 9.17) is 10.5 Å². The third-order valence-corrected chi connectivity index (χ3v) is 4.42. The summed E-state index contributed by atoms with van der Waals surface area (Å²) < 4.78 is 4.84. The number of nitrogens with zero attached hydrogens (tertiary/aromatic N) is 1. The summed E-state index contributed by atoms with van der Waals surface area (Å²) in [5.74, 6) is -1.25. The van der Waals surface area contributed by atoms with Crippen molar-refractivity contribution in [2.24, 2.45) is 5.73 Å². The second kappa shape index (κ2) is 9.02. The number of H-pyrrole nitrogens is 1. The number of hydrogen-bond acceptors (Lipinski definition) is 4. The number of aryl methyl sites for hydroxylation is 1. The molecule has 0 fully saturated rings. The van der Waals surface area contributed by atoms with Crippen molar-refractivity contribution in [2.75, 3.05) is 13.7 Å². The van der Waals surface area contributed by atoms with Gasteiger partial charge in [0.1, 0.15) is 5.69 Å². The number of benzene rings is 1. The van der Waals surface area contributed by atoms with E-state index in [2.05, 4.69) is 4.98 Å². The maximum atomic E-state index is 13.2. The second-order valence-corrected chi connectivity index (χ2v) is 6.25. The highest BCUT2D eigenvalue weighted by molar-refractivity contribution is 6.00. The van der Waals surface area contributed by atoms with E-state index in [1.807, 2.05) is 37.3 Å². The summed E-state index contributed by atoms with van der Waals surface area (Å²) in [7, 11) is 1.31. The number of carbonyl (C=O) groups is 3. The standard InChI is InChI=1S/C20H25N3O4/c1-4-15-17(20(26)27-3)13(2)18(22-15)19(25)23(11-10-16(21)24)12-14-8-6-5-7-9-14/h5-9,22H,4,10-12H2,1-3H3,(H2,21,24). The number of aromatic nitrogens is 1. The molecular weight excluding hydrogens is 346 g/mol. The molecule has 0 aliphatic heterocycles. The number of aromatic amines is 1. The van der Waals surface area contributed by atoms with Gasteiger partial charge in [0, 0.05) is 25.2 Å². The Hall–Kier alpha value is -3.09. The highest BCUT2D eigenvalue weighted by Gasteiger charge is 2.26. The van der Waals surface area contributed by atoms with Gasteiger partial charge in [-0.2, -0.15) is 0 Å². The van der Waals surface area contributed by atoms with Gasteiger partial charge < -0.3 is 20.4 Å². The number of rotatable bonds is 8. The van der Waals surface area contributed by atoms with Crippen LogP contribution in [-0.2, 0) is 22.5 Å². The number of carbonyl (C=O) groups excluding carboxylic acids is 3. The van der Waals surface area contributed by atoms with E-state index in [1.165, 1.54) is 7.11 Å². The van der Waals surface area contributed by atoms with E-state index >= 15 is 0 Å². The first-order chi connectivity index (χ1) is 12.9. The molecule has 144 valence electrons. The predicted octanol–water partition coefficient (Wildman–Crippen LogP) is 2.19. The van der Waals surface area contributed by atoms with Gasteiger partial charge >= 0.3 is 5.97 Å². The Morgan fingerprint density at radius 3 is 2.41 bits per heavy atom. The number of nitrogens with two attached hydrogens (primary N) is 1. The summed E-state index contributed by atoms with van der Waals surface area (Å²) >= 11 is 0. The van der Waals surface area contributed by atoms with Gasteiger partial charge in [-0.1, -0.05) is 37.3 Å². The van der Waals surface area contributed by atoms with Crippen LogP contribution in [-0.4, -0.2) is 41.3 Å². The molecule has 0 aliphatic rings. The molecule has 0 saturated heterocycles. The topological polar surface area (TPSA) is 105 Å². The van der Waals surface area contributed by atoms with Crippen molar-refractivity contribution in [1.82, 2.24) is 9.88 Å². The molecule has 1 aromatic heterocycles. The SMILES string of the molecule is CCc1[nH]c(C(=O)N(CCC(N)=O)Cc2ccccc2)c(C)c1C(=O)OC. The Morgan fingerprint density at radius 2 is 1.85 bits per heavy atom. The van der Waals surface area contributed by atoms with E-state index < -0.39 is 11.9 Å². The van der Waals surface area contributed by atoms with Crippen LogP contribution in [0.15, 0.2) is 30.3 Å². The van der Waals surface area contributed by atoms with Crippen LogP contribution in [0, 0.1) is 6.92 Å². The van der Waals surface area contributed by atoms with Crippen molar-refractivity contribution < 1.29 is 19.1 Å². The molecule has 2 amide bonds. The molecule has 0 spiro atoms. The summed E-state index contributed by atoms with van der Waals surface area (Å²) in [6.45, 7) is 4.13. The third kappa shape index (κ3) is 4.75. The summed E-state index contributed by atoms with van der Waals surface area (Å²) in [6.07, 6.45) is 0.612. The molecular formula is C20H25N3O4. The van der Waals surface area contributed by atoms with Crippen molar-refractivity contribution in [3.8, 4) is 0 Å². The van der Waals surface area contributed by atoms with Crippen LogP contribution < -0.4 is 5.73 Å². The highest BCUT2D eigenvalue weighted by atomic mass is 16.5. The van der Waals surface area contributed by atoms with Crippen LogP contribution in [0.5, 0.6) is 0 Å². The number of primary amides is 1. The van der Waals surface area contributed by atoms with Gasteiger partial charge in [-0.25, -0.2) is 4.79 Å². The van der Waals surface area contributed by atoms with E-state index in [0.29, 0.717) is 35.5 Å². The van der Waals surface area contributed by atoms with E-state index in [0.717, 1.165) is 5.56 Å². The Morgan fingerprint density at radius 1 is 1.19 bits per heavy atom. The molecule has 0 aliphatic carbocycles. The fourth-order valence-corrected chi connectivity index (χ4v) is 2.98. The molecule has 0 bridgehead atoms. The minimum atomic E-state index is -0.480. The van der Waals surface area contributed by atoms with Gasteiger partial charge in [0.25, 0.3) is 5.91 Å². The molecule has 0 radical (unpaired) electrons. The predicted molar refractivity (Wildman–Crippen MR) is 101 cm³/mol. The number of hydrogen-bond donors (Lipinski definition) is 2. The number of ether oxygens (including phenoxy) is 1. The van der Waals surface area contributed by atoms with Crippen molar-refractivity contribution in [3.63, 3.8) is 0 Å². The summed E-state index contributed by atoms with van der Waals surface area (Å²) in [4.78, 5) is 41.1. The van der Waals surface area contributed by atoms with Crippen LogP contribution in [0.3, 0.4) is 0 Å². The first-order valence-corrected chi connectivity index (χ1v) is 8.80. The molecule has 0 unspecified atom stereocenters. The quantitative estimate of drug-likeness (QED) is 0.694. The molecule has 2 aromatic rings. The average molecular weight is 371 g/mol. The third-order valence-electron chi connectivity index (χ3n) is 4.42. The smallest absolute Gasteiger partial charge is 0.339 e. The van der Waals surface area contributed by atoms with Crippen LogP contribution >= 0.6 is 0 Å². The van der Waals surface area contributed by atoms with Crippen LogP contribution in [0.25, 0.3) is 0 Å². The summed E-state index contributed by atoms with van der Waals surface area (Å²) in [5, 5.41) is 0. The maximum absolute atomic E-state index is 13.2. The zero-order valence-electron chi connectivity index (χ0n) is 15.9. The van der Waals surface area contributed by atoms with Gasteiger partial charge in [-0.3, -0.25) is 9.59 Å². The van der Waals surface area contributed by atoms with Gasteiger partial charge in [0.2, 0.25) is 5.91 Å². The lowest BCUT2D eigenvalue weighted by molar-refractivity contribution is -0.118. The molecule has 7 nitrogen and oxygen atoms in total. The van der Waals surface area contributed by atoms with E-state index in [1.54, 1.807) is 11.8 Å². The van der Waals surface area contributed by atoms with Crippen molar-refractivity contribution in [3.05, 3.63) is 58.4 Å². The number of nitrogens with one attached hydrogen (secondary N) is 1. The maximum Gasteiger partial charge on any atom is 0.339 e. The minimum absolute atomic E-state index is 0.0584. The molecule has 1 heterocycles. The average Bonchev–Trinajstić information content (AvgIpc) is 3.01. The Kier molecular flexibility index (Phi) is 6.76. The van der Waals surface area contributed by atoms with Crippen molar-refractivity contribution in [2.45, 2.75) is 33.2 Å². The molecule has 7 heteroatoms. The van der Waals surface area contributed by atoms with E-state index in [-0.39, 0.29) is 18.9 Å². The van der Waals surface area contributed by atoms with Gasteiger partial charge in [-0.05, 0) is 24.5 Å². The van der Waals surface area contributed by atoms with Gasteiger partial charge in [0.05, 0.1) is 12.7 Å². The fourth-order valence-electron chi connectivity index (χ4n) is 2.98. The minimum Gasteiger partial charge on any atom is -0.465 e. The fraction of sp³-hybridized carbons (Fsp3) is 0.350. The number of amides is 2. The molecule has 3 N–H and O–H groups in total. The zero-order valence-corrected chi connectivity index (χ0v) is 15.9. The number of methoxy groups -OCH3 is 1. The molecule has 1 aromatic carbocycles. The van der Waals surface area contributed by atoms with E-state index in [9.17, 15) is 14.4 Å².